The lowest BCUT2D eigenvalue weighted by molar-refractivity contribution is -0.0985. The fourth-order valence-electron chi connectivity index (χ4n) is 4.72. The third-order valence-corrected chi connectivity index (χ3v) is 12.0. The van der Waals surface area contributed by atoms with Crippen molar-refractivity contribution in [2.75, 3.05) is 0 Å². The van der Waals surface area contributed by atoms with Crippen LogP contribution in [0, 0.1) is 16.7 Å². The predicted octanol–water partition coefficient (Wildman–Crippen LogP) is 5.53. The fraction of sp³-hybridized carbons (Fsp3) is 0.900. The Morgan fingerprint density at radius 3 is 2.22 bits per heavy atom. The van der Waals surface area contributed by atoms with Crippen LogP contribution >= 0.6 is 0 Å². The van der Waals surface area contributed by atoms with Crippen LogP contribution in [0.3, 0.4) is 0 Å². The first-order chi connectivity index (χ1) is 10.2. The Hall–Kier alpha value is -0.123. The Morgan fingerprint density at radius 1 is 1.13 bits per heavy atom. The van der Waals surface area contributed by atoms with Gasteiger partial charge in [-0.25, -0.2) is 0 Å². The number of hydrogen-bond donors (Lipinski definition) is 1. The van der Waals surface area contributed by atoms with Crippen molar-refractivity contribution in [3.8, 4) is 0 Å². The minimum Gasteiger partial charge on any atom is -0.413 e. The lowest BCUT2D eigenvalue weighted by Crippen LogP contribution is -2.57. The molecule has 2 saturated carbocycles. The highest BCUT2D eigenvalue weighted by Crippen LogP contribution is 2.60. The van der Waals surface area contributed by atoms with Crippen molar-refractivity contribution in [1.82, 2.24) is 0 Å². The van der Waals surface area contributed by atoms with Gasteiger partial charge in [0.05, 0.1) is 12.2 Å². The summed E-state index contributed by atoms with van der Waals surface area (Å²) < 4.78 is 6.86. The standard InChI is InChI=1S/C20H38O2Si/c1-14-15(21)10-11-16-19(5,6)17(12-13-20(14,16)7)22-23(8,9)18(2,3)4/h15-17,21H,1,10-13H2,2-9H3/t15?,16-,17+,20+/m1/s1. The van der Waals surface area contributed by atoms with Crippen LogP contribution in [0.5, 0.6) is 0 Å². The summed E-state index contributed by atoms with van der Waals surface area (Å²) in [5, 5.41) is 10.5. The largest absolute Gasteiger partial charge is 0.413 e. The second-order valence-electron chi connectivity index (χ2n) is 10.3. The van der Waals surface area contributed by atoms with Crippen molar-refractivity contribution in [3.05, 3.63) is 12.2 Å². The van der Waals surface area contributed by atoms with Gasteiger partial charge >= 0.3 is 0 Å². The van der Waals surface area contributed by atoms with Crippen molar-refractivity contribution >= 4 is 8.32 Å². The third kappa shape index (κ3) is 3.09. The molecule has 1 unspecified atom stereocenters. The first kappa shape index (κ1) is 19.2. The summed E-state index contributed by atoms with van der Waals surface area (Å²) >= 11 is 0. The summed E-state index contributed by atoms with van der Waals surface area (Å²) in [5.41, 5.74) is 1.26. The van der Waals surface area contributed by atoms with E-state index in [0.29, 0.717) is 12.0 Å². The molecule has 0 aliphatic heterocycles. The van der Waals surface area contributed by atoms with E-state index in [1.807, 2.05) is 0 Å². The minimum atomic E-state index is -1.76. The average molecular weight is 339 g/mol. The van der Waals surface area contributed by atoms with Crippen LogP contribution in [-0.2, 0) is 4.43 Å². The van der Waals surface area contributed by atoms with Gasteiger partial charge in [0.15, 0.2) is 8.32 Å². The van der Waals surface area contributed by atoms with E-state index in [1.54, 1.807) is 0 Å². The van der Waals surface area contributed by atoms with E-state index >= 15 is 0 Å². The molecule has 0 amide bonds. The molecule has 0 radical (unpaired) electrons. The maximum atomic E-state index is 10.3. The van der Waals surface area contributed by atoms with Gasteiger partial charge in [0.25, 0.3) is 0 Å². The number of aliphatic hydroxyl groups is 1. The van der Waals surface area contributed by atoms with Crippen LogP contribution in [0.15, 0.2) is 12.2 Å². The smallest absolute Gasteiger partial charge is 0.192 e. The molecule has 2 nitrogen and oxygen atoms in total. The molecular weight excluding hydrogens is 300 g/mol. The van der Waals surface area contributed by atoms with Crippen molar-refractivity contribution in [2.24, 2.45) is 16.7 Å². The second kappa shape index (κ2) is 5.71. The zero-order chi connectivity index (χ0) is 17.8. The van der Waals surface area contributed by atoms with Gasteiger partial charge in [-0.3, -0.25) is 0 Å². The van der Waals surface area contributed by atoms with E-state index in [-0.39, 0.29) is 22.0 Å². The van der Waals surface area contributed by atoms with Crippen LogP contribution in [0.2, 0.25) is 18.1 Å². The summed E-state index contributed by atoms with van der Waals surface area (Å²) in [6, 6.07) is 0. The number of hydrogen-bond acceptors (Lipinski definition) is 2. The third-order valence-electron chi connectivity index (χ3n) is 7.53. The summed E-state index contributed by atoms with van der Waals surface area (Å²) in [5.74, 6) is 0.550. The van der Waals surface area contributed by atoms with Crippen LogP contribution in [-0.4, -0.2) is 25.6 Å². The zero-order valence-corrected chi connectivity index (χ0v) is 17.6. The summed E-state index contributed by atoms with van der Waals surface area (Å²) in [7, 11) is -1.76. The van der Waals surface area contributed by atoms with Gasteiger partial charge in [0.2, 0.25) is 0 Å². The number of fused-ring (bicyclic) bond motifs is 1. The molecule has 2 rings (SSSR count). The Balaban J connectivity index is 2.27. The van der Waals surface area contributed by atoms with E-state index in [1.165, 1.54) is 0 Å². The van der Waals surface area contributed by atoms with E-state index in [9.17, 15) is 5.11 Å². The molecule has 0 aromatic rings. The fourth-order valence-corrected chi connectivity index (χ4v) is 6.21. The number of aliphatic hydroxyl groups excluding tert-OH is 1. The Bertz CT molecular complexity index is 475. The Labute approximate surface area is 144 Å². The van der Waals surface area contributed by atoms with Gasteiger partial charge in [0, 0.05) is 0 Å². The maximum absolute atomic E-state index is 10.3. The van der Waals surface area contributed by atoms with Gasteiger partial charge in [-0.2, -0.15) is 0 Å². The monoisotopic (exact) mass is 338 g/mol. The minimum absolute atomic E-state index is 0.0639. The molecule has 0 aromatic carbocycles. The Morgan fingerprint density at radius 2 is 1.70 bits per heavy atom. The van der Waals surface area contributed by atoms with Gasteiger partial charge in [-0.15, -0.1) is 0 Å². The van der Waals surface area contributed by atoms with E-state index in [4.69, 9.17) is 4.43 Å². The first-order valence-corrected chi connectivity index (χ1v) is 12.2. The summed E-state index contributed by atoms with van der Waals surface area (Å²) in [6.45, 7) is 23.0. The molecule has 0 saturated heterocycles. The molecule has 2 aliphatic rings. The van der Waals surface area contributed by atoms with Crippen LogP contribution < -0.4 is 0 Å². The van der Waals surface area contributed by atoms with E-state index in [0.717, 1.165) is 31.3 Å². The molecule has 3 heteroatoms. The second-order valence-corrected chi connectivity index (χ2v) is 15.1. The molecule has 134 valence electrons. The predicted molar refractivity (Wildman–Crippen MR) is 101 cm³/mol. The normalized spacial score (nSPS) is 38.3. The highest BCUT2D eigenvalue weighted by molar-refractivity contribution is 6.74. The van der Waals surface area contributed by atoms with Crippen molar-refractivity contribution < 1.29 is 9.53 Å². The summed E-state index contributed by atoms with van der Waals surface area (Å²) in [6.07, 6.45) is 4.12. The topological polar surface area (TPSA) is 29.5 Å². The molecule has 0 heterocycles. The van der Waals surface area contributed by atoms with Crippen molar-refractivity contribution in [3.63, 3.8) is 0 Å². The maximum Gasteiger partial charge on any atom is 0.192 e. The van der Waals surface area contributed by atoms with E-state index < -0.39 is 8.32 Å². The molecule has 0 aromatic heterocycles. The van der Waals surface area contributed by atoms with E-state index in [2.05, 4.69) is 61.2 Å². The molecular formula is C20H38O2Si. The van der Waals surface area contributed by atoms with Gasteiger partial charge < -0.3 is 9.53 Å². The lowest BCUT2D eigenvalue weighted by Gasteiger charge is -2.59. The molecule has 0 spiro atoms. The highest BCUT2D eigenvalue weighted by Gasteiger charge is 2.56. The van der Waals surface area contributed by atoms with Crippen molar-refractivity contribution in [2.45, 2.75) is 97.6 Å². The Kier molecular flexibility index (Phi) is 4.76. The molecule has 23 heavy (non-hydrogen) atoms. The zero-order valence-electron chi connectivity index (χ0n) is 16.6. The molecule has 2 fully saturated rings. The van der Waals surface area contributed by atoms with Gasteiger partial charge in [-0.05, 0) is 66.1 Å². The summed E-state index contributed by atoms with van der Waals surface area (Å²) in [4.78, 5) is 0. The SMILES string of the molecule is C=C1C(O)CC[C@@H]2C(C)(C)[C@@H](O[Si](C)(C)C(C)(C)C)CC[C@@]12C. The number of rotatable bonds is 2. The van der Waals surface area contributed by atoms with Crippen LogP contribution in [0.1, 0.15) is 67.2 Å². The lowest BCUT2D eigenvalue weighted by atomic mass is 9.49. The first-order valence-electron chi connectivity index (χ1n) is 9.28. The molecule has 4 atom stereocenters. The molecule has 0 bridgehead atoms. The van der Waals surface area contributed by atoms with Crippen LogP contribution in [0.4, 0.5) is 0 Å². The highest BCUT2D eigenvalue weighted by atomic mass is 28.4. The van der Waals surface area contributed by atoms with Crippen LogP contribution in [0.25, 0.3) is 0 Å². The molecule has 1 N–H and O–H groups in total. The quantitative estimate of drug-likeness (QED) is 0.530. The van der Waals surface area contributed by atoms with Gasteiger partial charge in [-0.1, -0.05) is 48.1 Å². The molecule has 2 aliphatic carbocycles. The van der Waals surface area contributed by atoms with Gasteiger partial charge in [0.1, 0.15) is 0 Å². The van der Waals surface area contributed by atoms with Crippen molar-refractivity contribution in [1.29, 1.82) is 0 Å². The average Bonchev–Trinajstić information content (AvgIpc) is 2.38.